The van der Waals surface area contributed by atoms with Crippen LogP contribution in [0.3, 0.4) is 0 Å². The van der Waals surface area contributed by atoms with Crippen LogP contribution in [0.2, 0.25) is 0 Å². The number of para-hydroxylation sites is 1. The lowest BCUT2D eigenvalue weighted by Gasteiger charge is -2.64. The maximum absolute atomic E-state index is 13.8. The zero-order valence-electron chi connectivity index (χ0n) is 31.9. The molecule has 4 aliphatic rings. The van der Waals surface area contributed by atoms with Crippen LogP contribution in [0.5, 0.6) is 5.75 Å². The molecule has 0 spiro atoms. The van der Waals surface area contributed by atoms with E-state index >= 15 is 0 Å². The van der Waals surface area contributed by atoms with Crippen molar-refractivity contribution < 1.29 is 37.9 Å². The minimum atomic E-state index is -0.702. The van der Waals surface area contributed by atoms with Gasteiger partial charge in [-0.15, -0.1) is 0 Å². The summed E-state index contributed by atoms with van der Waals surface area (Å²) in [6, 6.07) is 12.8. The van der Waals surface area contributed by atoms with Crippen LogP contribution in [-0.2, 0) is 31.7 Å². The first-order valence-electron chi connectivity index (χ1n) is 18.1. The molecule has 2 amide bonds. The Morgan fingerprint density at radius 3 is 2.25 bits per heavy atom. The second-order valence-electron chi connectivity index (χ2n) is 16.9. The fourth-order valence-corrected chi connectivity index (χ4v) is 7.83. The van der Waals surface area contributed by atoms with E-state index in [-0.39, 0.29) is 17.4 Å². The van der Waals surface area contributed by atoms with Crippen molar-refractivity contribution in [2.45, 2.75) is 117 Å². The number of carbonyl (C=O) groups excluding carboxylic acids is 3. The fourth-order valence-electron chi connectivity index (χ4n) is 7.83. The first-order valence-corrected chi connectivity index (χ1v) is 18.1. The van der Waals surface area contributed by atoms with Crippen molar-refractivity contribution in [3.63, 3.8) is 0 Å². The molecule has 5 atom stereocenters. The number of nitrogens with one attached hydrogen (secondary N) is 3. The molecule has 5 unspecified atom stereocenters. The zero-order chi connectivity index (χ0) is 37.4. The van der Waals surface area contributed by atoms with E-state index in [1.807, 2.05) is 59.7 Å². The summed E-state index contributed by atoms with van der Waals surface area (Å²) in [5.74, 6) is 0.00551. The molecule has 2 aromatic rings. The van der Waals surface area contributed by atoms with Gasteiger partial charge in [0.05, 0.1) is 24.8 Å². The third-order valence-corrected chi connectivity index (χ3v) is 10.5. The van der Waals surface area contributed by atoms with Crippen molar-refractivity contribution in [2.75, 3.05) is 20.2 Å². The molecule has 12 heteroatoms. The first-order chi connectivity index (χ1) is 23.8. The normalized spacial score (nSPS) is 24.1. The average molecular weight is 706 g/mol. The summed E-state index contributed by atoms with van der Waals surface area (Å²) < 4.78 is 30.2. The lowest BCUT2D eigenvalue weighted by atomic mass is 9.43. The molecule has 4 fully saturated rings. The largest absolute Gasteiger partial charge is 0.496 e. The molecular weight excluding hydrogens is 649 g/mol. The summed E-state index contributed by atoms with van der Waals surface area (Å²) in [6.07, 6.45) is 1.81. The predicted octanol–water partition coefficient (Wildman–Crippen LogP) is 5.87. The average Bonchev–Trinajstić information content (AvgIpc) is 3.40. The van der Waals surface area contributed by atoms with Crippen LogP contribution in [0.15, 0.2) is 42.5 Å². The van der Waals surface area contributed by atoms with Crippen LogP contribution >= 0.6 is 0 Å². The predicted molar refractivity (Wildman–Crippen MR) is 196 cm³/mol. The Bertz CT molecular complexity index is 1580. The number of hydrogen-bond acceptors (Lipinski definition) is 9. The van der Waals surface area contributed by atoms with Crippen LogP contribution in [0, 0.1) is 17.3 Å². The van der Waals surface area contributed by atoms with Crippen LogP contribution < -0.4 is 20.7 Å². The van der Waals surface area contributed by atoms with Crippen molar-refractivity contribution in [2.24, 2.45) is 17.3 Å². The van der Waals surface area contributed by atoms with Crippen molar-refractivity contribution in [3.8, 4) is 5.75 Å². The maximum atomic E-state index is 13.8. The van der Waals surface area contributed by atoms with Gasteiger partial charge in [0, 0.05) is 25.2 Å². The number of esters is 1. The molecule has 278 valence electrons. The summed E-state index contributed by atoms with van der Waals surface area (Å²) in [7, 11) is 0.827. The molecule has 3 N–H and O–H groups in total. The molecule has 2 bridgehead atoms. The van der Waals surface area contributed by atoms with Crippen molar-refractivity contribution in [1.29, 1.82) is 0 Å². The van der Waals surface area contributed by atoms with E-state index in [9.17, 15) is 14.4 Å². The smallest absolute Gasteiger partial charge is 0.482 e. The lowest BCUT2D eigenvalue weighted by molar-refractivity contribution is -0.199. The van der Waals surface area contributed by atoms with E-state index in [0.29, 0.717) is 54.8 Å². The van der Waals surface area contributed by atoms with Gasteiger partial charge < -0.3 is 39.5 Å². The third-order valence-electron chi connectivity index (χ3n) is 10.5. The van der Waals surface area contributed by atoms with Gasteiger partial charge in [0.15, 0.2) is 0 Å². The number of rotatable bonds is 12. The van der Waals surface area contributed by atoms with E-state index < -0.39 is 41.9 Å². The molecular formula is C39H56BN3O8. The first kappa shape index (κ1) is 38.6. The van der Waals surface area contributed by atoms with Gasteiger partial charge in [-0.05, 0) is 114 Å². The van der Waals surface area contributed by atoms with Gasteiger partial charge in [-0.25, -0.2) is 9.59 Å². The molecule has 0 aromatic heterocycles. The number of amides is 2. The molecule has 3 aliphatic carbocycles. The summed E-state index contributed by atoms with van der Waals surface area (Å²) in [4.78, 5) is 38.9. The highest BCUT2D eigenvalue weighted by Gasteiger charge is 2.68. The number of carbonyl (C=O) groups is 3. The Hall–Kier alpha value is -3.61. The van der Waals surface area contributed by atoms with Crippen LogP contribution in [0.25, 0.3) is 0 Å². The number of benzene rings is 2. The number of methoxy groups -OCH3 is 1. The molecule has 1 heterocycles. The summed E-state index contributed by atoms with van der Waals surface area (Å²) in [6.45, 7) is 19.3. The summed E-state index contributed by atoms with van der Waals surface area (Å²) >= 11 is 0. The topological polar surface area (TPSA) is 133 Å². The highest BCUT2D eigenvalue weighted by Crippen LogP contribution is 2.65. The van der Waals surface area contributed by atoms with Crippen molar-refractivity contribution >= 4 is 25.1 Å². The van der Waals surface area contributed by atoms with Gasteiger partial charge >= 0.3 is 19.2 Å². The van der Waals surface area contributed by atoms with E-state index in [4.69, 9.17) is 23.5 Å². The summed E-state index contributed by atoms with van der Waals surface area (Å²) in [5.41, 5.74) is 1.01. The Labute approximate surface area is 303 Å². The molecule has 11 nitrogen and oxygen atoms in total. The molecule has 2 aromatic carbocycles. The molecule has 1 saturated heterocycles. The highest BCUT2D eigenvalue weighted by molar-refractivity contribution is 6.48. The Balaban J connectivity index is 1.29. The number of ether oxygens (including phenoxy) is 3. The van der Waals surface area contributed by atoms with Crippen LogP contribution in [0.1, 0.15) is 107 Å². The quantitative estimate of drug-likeness (QED) is 0.141. The van der Waals surface area contributed by atoms with Crippen molar-refractivity contribution in [3.05, 3.63) is 64.7 Å². The van der Waals surface area contributed by atoms with E-state index in [2.05, 4.69) is 36.7 Å². The maximum Gasteiger partial charge on any atom is 0.482 e. The third kappa shape index (κ3) is 8.89. The minimum absolute atomic E-state index is 0.0696. The van der Waals surface area contributed by atoms with Gasteiger partial charge in [-0.3, -0.25) is 4.79 Å². The van der Waals surface area contributed by atoms with Crippen molar-refractivity contribution in [1.82, 2.24) is 16.0 Å². The van der Waals surface area contributed by atoms with E-state index in [0.717, 1.165) is 24.0 Å². The Morgan fingerprint density at radius 1 is 0.941 bits per heavy atom. The van der Waals surface area contributed by atoms with Crippen LogP contribution in [-0.4, -0.2) is 74.1 Å². The van der Waals surface area contributed by atoms with Crippen LogP contribution in [0.4, 0.5) is 4.79 Å². The van der Waals surface area contributed by atoms with Gasteiger partial charge in [0.25, 0.3) is 5.91 Å². The lowest BCUT2D eigenvalue weighted by Crippen LogP contribution is -2.65. The fraction of sp³-hybridized carbons (Fsp3) is 0.615. The molecule has 0 radical (unpaired) electrons. The van der Waals surface area contributed by atoms with Gasteiger partial charge in [0.2, 0.25) is 0 Å². The molecule has 3 saturated carbocycles. The van der Waals surface area contributed by atoms with Gasteiger partial charge in [0.1, 0.15) is 22.5 Å². The Morgan fingerprint density at radius 2 is 1.63 bits per heavy atom. The number of alkyl carbamates (subject to hydrolysis) is 1. The Kier molecular flexibility index (Phi) is 11.2. The zero-order valence-corrected chi connectivity index (χ0v) is 31.9. The second-order valence-corrected chi connectivity index (χ2v) is 16.9. The summed E-state index contributed by atoms with van der Waals surface area (Å²) in [5, 5.41) is 9.24. The van der Waals surface area contributed by atoms with Gasteiger partial charge in [-0.2, -0.15) is 0 Å². The monoisotopic (exact) mass is 705 g/mol. The minimum Gasteiger partial charge on any atom is -0.496 e. The highest BCUT2D eigenvalue weighted by atomic mass is 16.7. The standard InChI is InChI=1S/C39H56BN3O8/c1-36(2,3)48-34(45)28-13-11-12-26(32(28)47-10)20-31(40-50-30-22-27-21-29(38(27,7)8)39(30,9)51-40)43-33(44)25-16-14-24(15-17-25)23-41-18-19-42-35(46)49-37(4,5)6/h11-17,27,29-31,41H,18-23H2,1-10H3,(H,42,46)(H,43,44). The molecule has 1 aliphatic heterocycles. The van der Waals surface area contributed by atoms with E-state index in [1.165, 1.54) is 7.11 Å². The number of hydrogen-bond donors (Lipinski definition) is 3. The molecule has 51 heavy (non-hydrogen) atoms. The van der Waals surface area contributed by atoms with E-state index in [1.54, 1.807) is 24.3 Å². The molecule has 6 rings (SSSR count). The SMILES string of the molecule is COc1c(CC(NC(=O)c2ccc(CNCCNC(=O)OC(C)(C)C)cc2)B2OC3CC4CC(C4(C)C)C3(C)O2)cccc1C(=O)OC(C)(C)C. The second kappa shape index (κ2) is 14.8. The van der Waals surface area contributed by atoms with Gasteiger partial charge in [-0.1, -0.05) is 38.1 Å².